The Kier molecular flexibility index (Phi) is 7.73. The van der Waals surface area contributed by atoms with Gasteiger partial charge in [0, 0.05) is 28.7 Å². The van der Waals surface area contributed by atoms with Gasteiger partial charge in [-0.25, -0.2) is 0 Å². The van der Waals surface area contributed by atoms with Crippen molar-refractivity contribution in [3.8, 4) is 5.75 Å². The predicted octanol–water partition coefficient (Wildman–Crippen LogP) is 5.90. The minimum atomic E-state index is -0.925. The van der Waals surface area contributed by atoms with Crippen molar-refractivity contribution < 1.29 is 19.4 Å². The Morgan fingerprint density at radius 1 is 1.11 bits per heavy atom. The molecular formula is C27H21ClN4O4S2. The van der Waals surface area contributed by atoms with Gasteiger partial charge in [-0.15, -0.1) is 10.2 Å². The zero-order valence-corrected chi connectivity index (χ0v) is 22.5. The molecule has 2 aromatic carbocycles. The number of benzene rings is 2. The first-order valence-electron chi connectivity index (χ1n) is 11.6. The fourth-order valence-electron chi connectivity index (χ4n) is 4.04. The summed E-state index contributed by atoms with van der Waals surface area (Å²) in [6, 6.07) is 16.8. The number of Topliss-reactive ketones (excluding diaryl/α,β-unsaturated/α-hetero) is 1. The van der Waals surface area contributed by atoms with Crippen LogP contribution in [0, 0.1) is 0 Å². The number of ketones is 1. The number of amides is 1. The van der Waals surface area contributed by atoms with Crippen molar-refractivity contribution in [2.75, 3.05) is 11.5 Å². The lowest BCUT2D eigenvalue weighted by Crippen LogP contribution is -2.29. The molecule has 1 aliphatic heterocycles. The Morgan fingerprint density at radius 2 is 1.87 bits per heavy atom. The van der Waals surface area contributed by atoms with E-state index < -0.39 is 17.7 Å². The van der Waals surface area contributed by atoms with Crippen LogP contribution < -0.4 is 9.64 Å². The number of carbonyl (C=O) groups is 2. The molecule has 1 N–H and O–H groups in total. The number of hydrogen-bond acceptors (Lipinski definition) is 9. The molecule has 192 valence electrons. The quantitative estimate of drug-likeness (QED) is 0.0926. The molecule has 11 heteroatoms. The summed E-state index contributed by atoms with van der Waals surface area (Å²) in [6.45, 7) is 2.32. The normalized spacial score (nSPS) is 16.7. The van der Waals surface area contributed by atoms with E-state index in [2.05, 4.69) is 15.2 Å². The van der Waals surface area contributed by atoms with Gasteiger partial charge in [0.25, 0.3) is 5.78 Å². The van der Waals surface area contributed by atoms with Crippen molar-refractivity contribution >= 4 is 57.3 Å². The van der Waals surface area contributed by atoms with E-state index in [9.17, 15) is 14.7 Å². The Balaban J connectivity index is 1.54. The van der Waals surface area contributed by atoms with Crippen LogP contribution in [0.25, 0.3) is 5.76 Å². The van der Waals surface area contributed by atoms with E-state index >= 15 is 0 Å². The highest BCUT2D eigenvalue weighted by Crippen LogP contribution is 2.44. The third kappa shape index (κ3) is 5.28. The minimum absolute atomic E-state index is 0.0413. The number of nitrogens with zero attached hydrogens (tertiary/aromatic N) is 4. The Labute approximate surface area is 232 Å². The number of anilines is 1. The number of ether oxygens (including phenoxy) is 1. The number of aliphatic hydroxyl groups is 1. The molecule has 0 saturated carbocycles. The maximum Gasteiger partial charge on any atom is 0.301 e. The lowest BCUT2D eigenvalue weighted by molar-refractivity contribution is -0.132. The number of rotatable bonds is 8. The summed E-state index contributed by atoms with van der Waals surface area (Å²) in [7, 11) is 0. The average molecular weight is 565 g/mol. The van der Waals surface area contributed by atoms with E-state index in [0.29, 0.717) is 38.6 Å². The second kappa shape index (κ2) is 11.3. The molecule has 5 rings (SSSR count). The van der Waals surface area contributed by atoms with Gasteiger partial charge in [0.05, 0.1) is 18.2 Å². The van der Waals surface area contributed by atoms with Crippen LogP contribution in [0.15, 0.2) is 83.0 Å². The number of aromatic nitrogens is 3. The minimum Gasteiger partial charge on any atom is -0.507 e. The van der Waals surface area contributed by atoms with Gasteiger partial charge in [-0.3, -0.25) is 19.5 Å². The third-order valence-electron chi connectivity index (χ3n) is 5.76. The van der Waals surface area contributed by atoms with E-state index in [-0.39, 0.29) is 16.5 Å². The monoisotopic (exact) mass is 564 g/mol. The molecule has 8 nitrogen and oxygen atoms in total. The number of carbonyl (C=O) groups excluding carboxylic acids is 2. The van der Waals surface area contributed by atoms with Crippen LogP contribution in [0.2, 0.25) is 5.02 Å². The highest BCUT2D eigenvalue weighted by molar-refractivity contribution is 8.00. The zero-order valence-electron chi connectivity index (χ0n) is 20.1. The second-order valence-corrected chi connectivity index (χ2v) is 10.8. The Bertz CT molecular complexity index is 1510. The van der Waals surface area contributed by atoms with Crippen molar-refractivity contribution in [2.24, 2.45) is 0 Å². The van der Waals surface area contributed by atoms with Gasteiger partial charge in [0.1, 0.15) is 11.5 Å². The third-order valence-corrected chi connectivity index (χ3v) is 8.14. The summed E-state index contributed by atoms with van der Waals surface area (Å²) < 4.78 is 6.29. The lowest BCUT2D eigenvalue weighted by atomic mass is 9.95. The molecule has 4 aromatic rings. The number of thioether (sulfide) groups is 1. The van der Waals surface area contributed by atoms with E-state index in [1.165, 1.54) is 40.4 Å². The number of aliphatic hydroxyl groups excluding tert-OH is 1. The van der Waals surface area contributed by atoms with Gasteiger partial charge in [0.15, 0.2) is 4.34 Å². The average Bonchev–Trinajstić information content (AvgIpc) is 3.51. The van der Waals surface area contributed by atoms with Crippen molar-refractivity contribution in [3.63, 3.8) is 0 Å². The first-order valence-corrected chi connectivity index (χ1v) is 13.8. The summed E-state index contributed by atoms with van der Waals surface area (Å²) in [4.78, 5) is 32.0. The highest BCUT2D eigenvalue weighted by Gasteiger charge is 2.48. The molecule has 1 fully saturated rings. The first kappa shape index (κ1) is 25.9. The summed E-state index contributed by atoms with van der Waals surface area (Å²) >= 11 is 8.63. The molecule has 1 aliphatic rings. The summed E-state index contributed by atoms with van der Waals surface area (Å²) in [6.07, 6.45) is 3.01. The van der Waals surface area contributed by atoms with Crippen LogP contribution in [0.1, 0.15) is 29.7 Å². The van der Waals surface area contributed by atoms with Crippen LogP contribution in [-0.4, -0.2) is 38.6 Å². The largest absolute Gasteiger partial charge is 0.507 e. The van der Waals surface area contributed by atoms with E-state index in [1.807, 2.05) is 31.2 Å². The molecule has 2 aromatic heterocycles. The molecule has 0 aliphatic carbocycles. The maximum atomic E-state index is 13.4. The first-order chi connectivity index (χ1) is 18.5. The SMILES string of the molecule is CCOc1cccc(C2C(=C(O)c3ccncc3)C(=O)C(=O)N2c2nnc(SCc3ccc(Cl)cc3)s2)c1. The van der Waals surface area contributed by atoms with E-state index in [0.717, 1.165) is 5.56 Å². The summed E-state index contributed by atoms with van der Waals surface area (Å²) in [5, 5.41) is 20.6. The summed E-state index contributed by atoms with van der Waals surface area (Å²) in [5.41, 5.74) is 1.99. The molecule has 1 unspecified atom stereocenters. The molecule has 1 amide bonds. The van der Waals surface area contributed by atoms with Gasteiger partial charge < -0.3 is 9.84 Å². The van der Waals surface area contributed by atoms with Crippen LogP contribution in [-0.2, 0) is 15.3 Å². The van der Waals surface area contributed by atoms with Crippen molar-refractivity contribution in [1.29, 1.82) is 0 Å². The number of pyridine rings is 1. The van der Waals surface area contributed by atoms with Gasteiger partial charge in [-0.1, -0.05) is 59.0 Å². The molecule has 1 atom stereocenters. The fraction of sp³-hybridized carbons (Fsp3) is 0.148. The molecular weight excluding hydrogens is 544 g/mol. The van der Waals surface area contributed by atoms with Crippen molar-refractivity contribution in [1.82, 2.24) is 15.2 Å². The molecule has 1 saturated heterocycles. The van der Waals surface area contributed by atoms with Gasteiger partial charge in [-0.2, -0.15) is 0 Å². The summed E-state index contributed by atoms with van der Waals surface area (Å²) in [5.74, 6) is -0.681. The zero-order chi connectivity index (χ0) is 26.6. The smallest absolute Gasteiger partial charge is 0.301 e. The fourth-order valence-corrected chi connectivity index (χ4v) is 5.98. The molecule has 38 heavy (non-hydrogen) atoms. The molecule has 3 heterocycles. The standard InChI is InChI=1S/C27H21ClN4O4S2/c1-2-36-20-5-3-4-18(14-20)22-21(23(33)17-10-12-29-13-11-17)24(34)25(35)32(22)26-30-31-27(38-26)37-15-16-6-8-19(28)9-7-16/h3-14,22,33H,2,15H2,1H3. The topological polar surface area (TPSA) is 106 Å². The van der Waals surface area contributed by atoms with Crippen LogP contribution in [0.3, 0.4) is 0 Å². The Morgan fingerprint density at radius 3 is 2.61 bits per heavy atom. The number of halogens is 1. The molecule has 0 spiro atoms. The highest BCUT2D eigenvalue weighted by atomic mass is 35.5. The number of hydrogen-bond donors (Lipinski definition) is 1. The molecule has 0 radical (unpaired) electrons. The van der Waals surface area contributed by atoms with Crippen LogP contribution >= 0.6 is 34.7 Å². The van der Waals surface area contributed by atoms with Gasteiger partial charge in [0.2, 0.25) is 5.13 Å². The van der Waals surface area contributed by atoms with Gasteiger partial charge >= 0.3 is 5.91 Å². The van der Waals surface area contributed by atoms with Crippen molar-refractivity contribution in [2.45, 2.75) is 23.1 Å². The predicted molar refractivity (Wildman–Crippen MR) is 148 cm³/mol. The van der Waals surface area contributed by atoms with Gasteiger partial charge in [-0.05, 0) is 54.4 Å². The van der Waals surface area contributed by atoms with Crippen LogP contribution in [0.5, 0.6) is 5.75 Å². The maximum absolute atomic E-state index is 13.4. The van der Waals surface area contributed by atoms with E-state index in [4.69, 9.17) is 16.3 Å². The molecule has 0 bridgehead atoms. The van der Waals surface area contributed by atoms with E-state index in [1.54, 1.807) is 36.4 Å². The van der Waals surface area contributed by atoms with Crippen molar-refractivity contribution in [3.05, 3.63) is 100 Å². The lowest BCUT2D eigenvalue weighted by Gasteiger charge is -2.23. The Hall–Kier alpha value is -3.73. The van der Waals surface area contributed by atoms with Crippen LogP contribution in [0.4, 0.5) is 5.13 Å². The second-order valence-electron chi connectivity index (χ2n) is 8.18.